The standard InChI is InChI=1S/C17H13ClN2O4/c1-24-17(23)10-5-6-12(14(21)8-10)20-16(22)13-7-9-3-2-4-11(18)15(9)19-13/h2-8,19,21H,1H3,(H,20,22). The van der Waals surface area contributed by atoms with Gasteiger partial charge in [-0.3, -0.25) is 4.79 Å². The molecule has 24 heavy (non-hydrogen) atoms. The highest BCUT2D eigenvalue weighted by molar-refractivity contribution is 6.35. The van der Waals surface area contributed by atoms with Crippen molar-refractivity contribution >= 4 is 40.1 Å². The maximum Gasteiger partial charge on any atom is 0.337 e. The van der Waals surface area contributed by atoms with Crippen molar-refractivity contribution in [3.63, 3.8) is 0 Å². The zero-order chi connectivity index (χ0) is 17.3. The molecule has 2 aromatic carbocycles. The van der Waals surface area contributed by atoms with Crippen LogP contribution in [0.3, 0.4) is 0 Å². The fourth-order valence-corrected chi connectivity index (χ4v) is 2.54. The minimum Gasteiger partial charge on any atom is -0.506 e. The highest BCUT2D eigenvalue weighted by Crippen LogP contribution is 2.27. The smallest absolute Gasteiger partial charge is 0.337 e. The lowest BCUT2D eigenvalue weighted by atomic mass is 10.2. The van der Waals surface area contributed by atoms with Gasteiger partial charge in [0.15, 0.2) is 0 Å². The molecular weight excluding hydrogens is 332 g/mol. The Hall–Kier alpha value is -2.99. The maximum atomic E-state index is 12.3. The summed E-state index contributed by atoms with van der Waals surface area (Å²) in [4.78, 5) is 26.7. The van der Waals surface area contributed by atoms with Gasteiger partial charge < -0.3 is 20.1 Å². The van der Waals surface area contributed by atoms with Gasteiger partial charge in [0.1, 0.15) is 11.4 Å². The van der Waals surface area contributed by atoms with Crippen LogP contribution in [0.2, 0.25) is 5.02 Å². The molecule has 0 bridgehead atoms. The van der Waals surface area contributed by atoms with Gasteiger partial charge in [-0.2, -0.15) is 0 Å². The lowest BCUT2D eigenvalue weighted by molar-refractivity contribution is 0.0600. The number of hydrogen-bond donors (Lipinski definition) is 3. The van der Waals surface area contributed by atoms with E-state index in [4.69, 9.17) is 11.6 Å². The number of para-hydroxylation sites is 1. The first-order valence-electron chi connectivity index (χ1n) is 6.99. The van der Waals surface area contributed by atoms with Crippen molar-refractivity contribution in [2.75, 3.05) is 12.4 Å². The third-order valence-corrected chi connectivity index (χ3v) is 3.83. The Bertz CT molecular complexity index is 949. The van der Waals surface area contributed by atoms with E-state index in [1.165, 1.54) is 25.3 Å². The number of nitrogens with one attached hydrogen (secondary N) is 2. The lowest BCUT2D eigenvalue weighted by Gasteiger charge is -2.07. The van der Waals surface area contributed by atoms with Crippen LogP contribution in [0.25, 0.3) is 10.9 Å². The second-order valence-corrected chi connectivity index (χ2v) is 5.47. The van der Waals surface area contributed by atoms with Crippen LogP contribution < -0.4 is 5.32 Å². The number of esters is 1. The molecule has 122 valence electrons. The van der Waals surface area contributed by atoms with Gasteiger partial charge in [0.25, 0.3) is 5.91 Å². The normalized spacial score (nSPS) is 10.6. The van der Waals surface area contributed by atoms with E-state index in [0.29, 0.717) is 16.2 Å². The molecule has 1 aromatic heterocycles. The molecule has 0 aliphatic rings. The van der Waals surface area contributed by atoms with Crippen LogP contribution in [0.4, 0.5) is 5.69 Å². The van der Waals surface area contributed by atoms with Crippen LogP contribution in [0.1, 0.15) is 20.8 Å². The van der Waals surface area contributed by atoms with E-state index in [9.17, 15) is 14.7 Å². The van der Waals surface area contributed by atoms with Gasteiger partial charge in [0.2, 0.25) is 0 Å². The molecule has 0 saturated heterocycles. The highest BCUT2D eigenvalue weighted by atomic mass is 35.5. The van der Waals surface area contributed by atoms with Gasteiger partial charge in [0.05, 0.1) is 28.9 Å². The summed E-state index contributed by atoms with van der Waals surface area (Å²) in [6.07, 6.45) is 0. The zero-order valence-electron chi connectivity index (χ0n) is 12.6. The number of benzene rings is 2. The molecule has 6 nitrogen and oxygen atoms in total. The number of phenolic OH excluding ortho intramolecular Hbond substituents is 1. The van der Waals surface area contributed by atoms with Gasteiger partial charge >= 0.3 is 5.97 Å². The number of aromatic amines is 1. The Balaban J connectivity index is 1.86. The van der Waals surface area contributed by atoms with Crippen molar-refractivity contribution < 1.29 is 19.4 Å². The number of phenols is 1. The summed E-state index contributed by atoms with van der Waals surface area (Å²) >= 11 is 6.07. The van der Waals surface area contributed by atoms with Gasteiger partial charge in [0, 0.05) is 5.39 Å². The second kappa shape index (κ2) is 6.25. The van der Waals surface area contributed by atoms with E-state index < -0.39 is 11.9 Å². The SMILES string of the molecule is COC(=O)c1ccc(NC(=O)c2cc3cccc(Cl)c3[nH]2)c(O)c1. The molecular formula is C17H13ClN2O4. The van der Waals surface area contributed by atoms with Crippen molar-refractivity contribution in [1.29, 1.82) is 0 Å². The van der Waals surface area contributed by atoms with Gasteiger partial charge in [-0.1, -0.05) is 23.7 Å². The summed E-state index contributed by atoms with van der Waals surface area (Å²) in [5, 5.41) is 13.9. The first-order valence-corrected chi connectivity index (χ1v) is 7.37. The van der Waals surface area contributed by atoms with Crippen molar-refractivity contribution in [3.8, 4) is 5.75 Å². The lowest BCUT2D eigenvalue weighted by Crippen LogP contribution is -2.12. The summed E-state index contributed by atoms with van der Waals surface area (Å²) in [6, 6.07) is 11.1. The van der Waals surface area contributed by atoms with Gasteiger partial charge in [-0.15, -0.1) is 0 Å². The third kappa shape index (κ3) is 2.91. The van der Waals surface area contributed by atoms with Crippen molar-refractivity contribution in [1.82, 2.24) is 4.98 Å². The molecule has 0 unspecified atom stereocenters. The maximum absolute atomic E-state index is 12.3. The Morgan fingerprint density at radius 3 is 2.67 bits per heavy atom. The number of rotatable bonds is 3. The molecule has 0 atom stereocenters. The van der Waals surface area contributed by atoms with E-state index in [1.54, 1.807) is 18.2 Å². The first-order chi connectivity index (χ1) is 11.5. The van der Waals surface area contributed by atoms with Crippen LogP contribution >= 0.6 is 11.6 Å². The quantitative estimate of drug-likeness (QED) is 0.500. The number of carbonyl (C=O) groups is 2. The number of ether oxygens (including phenoxy) is 1. The topological polar surface area (TPSA) is 91.4 Å². The zero-order valence-corrected chi connectivity index (χ0v) is 13.3. The van der Waals surface area contributed by atoms with Crippen molar-refractivity contribution in [3.05, 3.63) is 58.7 Å². The fourth-order valence-electron chi connectivity index (χ4n) is 2.31. The van der Waals surface area contributed by atoms with Crippen LogP contribution in [0, 0.1) is 0 Å². The van der Waals surface area contributed by atoms with Gasteiger partial charge in [-0.05, 0) is 30.3 Å². The summed E-state index contributed by atoms with van der Waals surface area (Å²) in [7, 11) is 1.25. The number of fused-ring (bicyclic) bond motifs is 1. The minimum absolute atomic E-state index is 0.178. The van der Waals surface area contributed by atoms with Crippen molar-refractivity contribution in [2.45, 2.75) is 0 Å². The predicted octanol–water partition coefficient (Wildman–Crippen LogP) is 3.57. The average Bonchev–Trinajstić information content (AvgIpc) is 3.01. The average molecular weight is 345 g/mol. The van der Waals surface area contributed by atoms with E-state index in [-0.39, 0.29) is 17.0 Å². The second-order valence-electron chi connectivity index (χ2n) is 5.06. The molecule has 0 saturated carbocycles. The number of methoxy groups -OCH3 is 1. The number of aromatic hydroxyl groups is 1. The number of anilines is 1. The minimum atomic E-state index is -0.576. The van der Waals surface area contributed by atoms with E-state index in [0.717, 1.165) is 5.39 Å². The van der Waals surface area contributed by atoms with Crippen molar-refractivity contribution in [2.24, 2.45) is 0 Å². The number of amides is 1. The molecule has 0 aliphatic carbocycles. The largest absolute Gasteiger partial charge is 0.506 e. The third-order valence-electron chi connectivity index (χ3n) is 3.52. The number of hydrogen-bond acceptors (Lipinski definition) is 4. The molecule has 0 aliphatic heterocycles. The van der Waals surface area contributed by atoms with E-state index >= 15 is 0 Å². The number of aromatic nitrogens is 1. The Morgan fingerprint density at radius 2 is 2.00 bits per heavy atom. The molecule has 0 spiro atoms. The molecule has 3 aromatic rings. The van der Waals surface area contributed by atoms with Crippen LogP contribution in [0.15, 0.2) is 42.5 Å². The Morgan fingerprint density at radius 1 is 1.21 bits per heavy atom. The van der Waals surface area contributed by atoms with Crippen LogP contribution in [-0.4, -0.2) is 29.1 Å². The Labute approximate surface area is 142 Å². The molecule has 7 heteroatoms. The highest BCUT2D eigenvalue weighted by Gasteiger charge is 2.14. The molecule has 1 heterocycles. The summed E-state index contributed by atoms with van der Waals surface area (Å²) in [5.41, 5.74) is 1.33. The molecule has 1 amide bonds. The molecule has 3 rings (SSSR count). The van der Waals surface area contributed by atoms with Gasteiger partial charge in [-0.25, -0.2) is 4.79 Å². The molecule has 3 N–H and O–H groups in total. The number of halogens is 1. The summed E-state index contributed by atoms with van der Waals surface area (Å²) < 4.78 is 4.57. The first kappa shape index (κ1) is 15.9. The fraction of sp³-hybridized carbons (Fsp3) is 0.0588. The predicted molar refractivity (Wildman–Crippen MR) is 90.7 cm³/mol. The number of carbonyl (C=O) groups excluding carboxylic acids is 2. The Kier molecular flexibility index (Phi) is 4.14. The molecule has 0 radical (unpaired) electrons. The van der Waals surface area contributed by atoms with E-state index in [2.05, 4.69) is 15.0 Å². The van der Waals surface area contributed by atoms with Crippen LogP contribution in [0.5, 0.6) is 5.75 Å². The number of H-pyrrole nitrogens is 1. The molecule has 0 fully saturated rings. The van der Waals surface area contributed by atoms with Crippen LogP contribution in [-0.2, 0) is 4.74 Å². The summed E-state index contributed by atoms with van der Waals surface area (Å²) in [5.74, 6) is -1.25. The summed E-state index contributed by atoms with van der Waals surface area (Å²) in [6.45, 7) is 0. The monoisotopic (exact) mass is 344 g/mol. The van der Waals surface area contributed by atoms with E-state index in [1.807, 2.05) is 6.07 Å².